The van der Waals surface area contributed by atoms with E-state index in [9.17, 15) is 4.79 Å². The van der Waals surface area contributed by atoms with Gasteiger partial charge < -0.3 is 15.0 Å². The standard InChI is InChI=1S/C23H33N7O2/c1-28-8-5-20-17(15-28)12-22(26-25-20)24-14-19-4-2-3-7-29(19)9-10-30-23(31)13-18-16-32-11-6-21(18)27-30/h12-13,19H,2-11,14-16H2,1H3,(H,24,26). The number of nitrogens with zero attached hydrogens (tertiary/aromatic N) is 6. The Bertz CT molecular complexity index is 1010. The van der Waals surface area contributed by atoms with Crippen molar-refractivity contribution < 1.29 is 4.74 Å². The van der Waals surface area contributed by atoms with Gasteiger partial charge in [0.25, 0.3) is 5.56 Å². The van der Waals surface area contributed by atoms with E-state index in [0.717, 1.165) is 74.8 Å². The normalized spacial score (nSPS) is 21.7. The van der Waals surface area contributed by atoms with Crippen LogP contribution in [-0.2, 0) is 37.3 Å². The van der Waals surface area contributed by atoms with E-state index in [4.69, 9.17) is 4.74 Å². The molecule has 5 rings (SSSR count). The van der Waals surface area contributed by atoms with Crippen LogP contribution in [0, 0.1) is 0 Å². The molecule has 3 aliphatic rings. The zero-order chi connectivity index (χ0) is 21.9. The first-order valence-corrected chi connectivity index (χ1v) is 11.9. The van der Waals surface area contributed by atoms with E-state index in [-0.39, 0.29) is 5.56 Å². The first kappa shape index (κ1) is 21.5. The lowest BCUT2D eigenvalue weighted by Crippen LogP contribution is -2.46. The summed E-state index contributed by atoms with van der Waals surface area (Å²) in [7, 11) is 2.15. The van der Waals surface area contributed by atoms with Crippen LogP contribution in [0.2, 0.25) is 0 Å². The lowest BCUT2D eigenvalue weighted by molar-refractivity contribution is 0.107. The van der Waals surface area contributed by atoms with Gasteiger partial charge in [0.15, 0.2) is 0 Å². The molecule has 0 saturated carbocycles. The van der Waals surface area contributed by atoms with Gasteiger partial charge in [0.1, 0.15) is 5.82 Å². The summed E-state index contributed by atoms with van der Waals surface area (Å²) in [5.74, 6) is 0.861. The van der Waals surface area contributed by atoms with Crippen molar-refractivity contribution in [2.75, 3.05) is 45.2 Å². The third-order valence-corrected chi connectivity index (χ3v) is 6.90. The highest BCUT2D eigenvalue weighted by Crippen LogP contribution is 2.20. The number of likely N-dealkylation sites (tertiary alicyclic amines) is 1. The predicted molar refractivity (Wildman–Crippen MR) is 122 cm³/mol. The number of rotatable bonds is 6. The molecule has 9 nitrogen and oxygen atoms in total. The fourth-order valence-electron chi connectivity index (χ4n) is 5.00. The lowest BCUT2D eigenvalue weighted by atomic mass is 10.0. The van der Waals surface area contributed by atoms with Crippen LogP contribution < -0.4 is 10.9 Å². The molecular formula is C23H33N7O2. The van der Waals surface area contributed by atoms with Crippen molar-refractivity contribution in [3.63, 3.8) is 0 Å². The number of nitrogens with one attached hydrogen (secondary N) is 1. The molecule has 0 aliphatic carbocycles. The lowest BCUT2D eigenvalue weighted by Gasteiger charge is -2.36. The van der Waals surface area contributed by atoms with E-state index in [0.29, 0.717) is 25.8 Å². The van der Waals surface area contributed by atoms with Crippen LogP contribution in [0.4, 0.5) is 5.82 Å². The highest BCUT2D eigenvalue weighted by molar-refractivity contribution is 5.39. The third-order valence-electron chi connectivity index (χ3n) is 6.90. The first-order chi connectivity index (χ1) is 15.7. The molecule has 0 amide bonds. The maximum atomic E-state index is 12.5. The molecule has 1 atom stereocenters. The molecule has 1 N–H and O–H groups in total. The Balaban J connectivity index is 1.20. The summed E-state index contributed by atoms with van der Waals surface area (Å²) in [4.78, 5) is 17.3. The van der Waals surface area contributed by atoms with Gasteiger partial charge in [-0.25, -0.2) is 4.68 Å². The number of aromatic nitrogens is 4. The second-order valence-electron chi connectivity index (χ2n) is 9.24. The molecule has 0 radical (unpaired) electrons. The van der Waals surface area contributed by atoms with Crippen LogP contribution in [0.5, 0.6) is 0 Å². The molecule has 1 saturated heterocycles. The Morgan fingerprint density at radius 3 is 2.97 bits per heavy atom. The van der Waals surface area contributed by atoms with E-state index in [2.05, 4.69) is 43.5 Å². The van der Waals surface area contributed by atoms with Gasteiger partial charge in [0.2, 0.25) is 0 Å². The minimum Gasteiger partial charge on any atom is -0.376 e. The minimum absolute atomic E-state index is 0.0322. The Labute approximate surface area is 188 Å². The Hall–Kier alpha value is -2.36. The van der Waals surface area contributed by atoms with Gasteiger partial charge in [-0.1, -0.05) is 6.42 Å². The fraction of sp³-hybridized carbons (Fsp3) is 0.652. The molecule has 0 spiro atoms. The van der Waals surface area contributed by atoms with Crippen molar-refractivity contribution in [1.82, 2.24) is 29.8 Å². The maximum Gasteiger partial charge on any atom is 0.267 e. The van der Waals surface area contributed by atoms with Gasteiger partial charge in [-0.2, -0.15) is 10.2 Å². The number of fused-ring (bicyclic) bond motifs is 2. The van der Waals surface area contributed by atoms with E-state index in [1.807, 2.05) is 0 Å². The summed E-state index contributed by atoms with van der Waals surface area (Å²) < 4.78 is 7.08. The van der Waals surface area contributed by atoms with Crippen molar-refractivity contribution >= 4 is 5.82 Å². The summed E-state index contributed by atoms with van der Waals surface area (Å²) in [6.45, 7) is 6.50. The van der Waals surface area contributed by atoms with Gasteiger partial charge in [-0.05, 0) is 38.1 Å². The summed E-state index contributed by atoms with van der Waals surface area (Å²) in [5, 5.41) is 17.0. The predicted octanol–water partition coefficient (Wildman–Crippen LogP) is 1.06. The van der Waals surface area contributed by atoms with Crippen molar-refractivity contribution in [3.8, 4) is 0 Å². The number of piperidine rings is 1. The van der Waals surface area contributed by atoms with Crippen LogP contribution in [0.15, 0.2) is 16.9 Å². The molecule has 9 heteroatoms. The quantitative estimate of drug-likeness (QED) is 0.715. The van der Waals surface area contributed by atoms with E-state index >= 15 is 0 Å². The summed E-state index contributed by atoms with van der Waals surface area (Å²) in [6, 6.07) is 4.28. The molecule has 2 aromatic rings. The van der Waals surface area contributed by atoms with Crippen molar-refractivity contribution in [2.24, 2.45) is 0 Å². The van der Waals surface area contributed by atoms with Gasteiger partial charge in [0.05, 0.1) is 31.1 Å². The second-order valence-corrected chi connectivity index (χ2v) is 9.24. The summed E-state index contributed by atoms with van der Waals surface area (Å²) in [5.41, 5.74) is 4.32. The smallest absolute Gasteiger partial charge is 0.267 e. The highest BCUT2D eigenvalue weighted by Gasteiger charge is 2.23. The summed E-state index contributed by atoms with van der Waals surface area (Å²) >= 11 is 0. The average Bonchev–Trinajstić information content (AvgIpc) is 2.81. The van der Waals surface area contributed by atoms with Crippen LogP contribution in [0.1, 0.15) is 41.8 Å². The van der Waals surface area contributed by atoms with Crippen LogP contribution in [-0.4, -0.2) is 75.7 Å². The van der Waals surface area contributed by atoms with Gasteiger partial charge in [-0.15, -0.1) is 5.10 Å². The fourth-order valence-corrected chi connectivity index (χ4v) is 5.00. The maximum absolute atomic E-state index is 12.5. The molecule has 3 aliphatic heterocycles. The number of ether oxygens (including phenoxy) is 1. The van der Waals surface area contributed by atoms with Crippen LogP contribution in [0.3, 0.4) is 0 Å². The molecule has 32 heavy (non-hydrogen) atoms. The average molecular weight is 440 g/mol. The molecule has 1 unspecified atom stereocenters. The zero-order valence-electron chi connectivity index (χ0n) is 18.9. The van der Waals surface area contributed by atoms with Crippen molar-refractivity contribution in [3.05, 3.63) is 45.0 Å². The molecule has 0 bridgehead atoms. The molecule has 1 fully saturated rings. The van der Waals surface area contributed by atoms with Crippen LogP contribution >= 0.6 is 0 Å². The largest absolute Gasteiger partial charge is 0.376 e. The monoisotopic (exact) mass is 439 g/mol. The zero-order valence-corrected chi connectivity index (χ0v) is 18.9. The number of likely N-dealkylation sites (N-methyl/N-ethyl adjacent to an activating group) is 1. The molecule has 2 aromatic heterocycles. The van der Waals surface area contributed by atoms with Crippen molar-refractivity contribution in [1.29, 1.82) is 0 Å². The topological polar surface area (TPSA) is 88.4 Å². The van der Waals surface area contributed by atoms with E-state index < -0.39 is 0 Å². The second kappa shape index (κ2) is 9.64. The molecular weight excluding hydrogens is 406 g/mol. The number of anilines is 1. The molecule has 172 valence electrons. The SMILES string of the molecule is CN1CCc2nnc(NCC3CCCCN3CCn3nc4c(cc3=O)COCC4)cc2C1. The van der Waals surface area contributed by atoms with E-state index in [1.165, 1.54) is 18.4 Å². The van der Waals surface area contributed by atoms with Gasteiger partial charge >= 0.3 is 0 Å². The Morgan fingerprint density at radius 2 is 2.03 bits per heavy atom. The Kier molecular flexibility index (Phi) is 6.47. The highest BCUT2D eigenvalue weighted by atomic mass is 16.5. The minimum atomic E-state index is -0.0322. The summed E-state index contributed by atoms with van der Waals surface area (Å²) in [6.07, 6.45) is 5.34. The molecule has 5 heterocycles. The Morgan fingerprint density at radius 1 is 1.09 bits per heavy atom. The third kappa shape index (κ3) is 4.84. The molecule has 0 aromatic carbocycles. The number of hydrogen-bond acceptors (Lipinski definition) is 8. The van der Waals surface area contributed by atoms with Crippen molar-refractivity contribution in [2.45, 2.75) is 57.8 Å². The van der Waals surface area contributed by atoms with E-state index in [1.54, 1.807) is 10.7 Å². The number of hydrogen-bond donors (Lipinski definition) is 1. The van der Waals surface area contributed by atoms with Gasteiger partial charge in [-0.3, -0.25) is 9.69 Å². The van der Waals surface area contributed by atoms with Gasteiger partial charge in [0, 0.05) is 56.7 Å². The van der Waals surface area contributed by atoms with Crippen LogP contribution in [0.25, 0.3) is 0 Å². The first-order valence-electron chi connectivity index (χ1n) is 11.9.